The topological polar surface area (TPSA) is 58.6 Å². The Bertz CT molecular complexity index is 695. The first-order chi connectivity index (χ1) is 12.0. The van der Waals surface area contributed by atoms with E-state index in [1.165, 1.54) is 0 Å². The van der Waals surface area contributed by atoms with Crippen molar-refractivity contribution < 1.29 is 14.3 Å². The van der Waals surface area contributed by atoms with E-state index in [2.05, 4.69) is 5.32 Å². The zero-order chi connectivity index (χ0) is 18.2. The monoisotopic (exact) mass is 340 g/mol. The smallest absolute Gasteiger partial charge is 0.265 e. The summed E-state index contributed by atoms with van der Waals surface area (Å²) in [7, 11) is 0. The zero-order valence-corrected chi connectivity index (χ0v) is 14.9. The highest BCUT2D eigenvalue weighted by molar-refractivity contribution is 5.96. The molecule has 25 heavy (non-hydrogen) atoms. The van der Waals surface area contributed by atoms with Gasteiger partial charge in [-0.2, -0.15) is 0 Å². The Labute approximate surface area is 148 Å². The van der Waals surface area contributed by atoms with Gasteiger partial charge in [0, 0.05) is 24.3 Å². The lowest BCUT2D eigenvalue weighted by Crippen LogP contribution is -2.31. The van der Waals surface area contributed by atoms with Crippen molar-refractivity contribution in [3.63, 3.8) is 0 Å². The van der Waals surface area contributed by atoms with E-state index in [9.17, 15) is 9.59 Å². The molecule has 5 heteroatoms. The van der Waals surface area contributed by atoms with Gasteiger partial charge in [0.1, 0.15) is 5.75 Å². The summed E-state index contributed by atoms with van der Waals surface area (Å²) >= 11 is 0. The van der Waals surface area contributed by atoms with Crippen LogP contribution >= 0.6 is 0 Å². The molecule has 1 N–H and O–H groups in total. The Hall–Kier alpha value is -2.82. The first-order valence-corrected chi connectivity index (χ1v) is 8.47. The molecule has 2 aromatic carbocycles. The van der Waals surface area contributed by atoms with E-state index < -0.39 is 6.10 Å². The highest BCUT2D eigenvalue weighted by atomic mass is 16.5. The number of para-hydroxylation sites is 1. The summed E-state index contributed by atoms with van der Waals surface area (Å²) < 4.78 is 5.60. The predicted molar refractivity (Wildman–Crippen MR) is 98.9 cm³/mol. The number of anilines is 1. The van der Waals surface area contributed by atoms with Crippen LogP contribution in [0.15, 0.2) is 54.6 Å². The van der Waals surface area contributed by atoms with Crippen LogP contribution < -0.4 is 10.1 Å². The van der Waals surface area contributed by atoms with Crippen LogP contribution in [0.25, 0.3) is 0 Å². The van der Waals surface area contributed by atoms with Crippen LogP contribution in [-0.2, 0) is 4.79 Å². The molecule has 0 aliphatic rings. The van der Waals surface area contributed by atoms with E-state index in [0.29, 0.717) is 30.1 Å². The number of carbonyl (C=O) groups is 2. The van der Waals surface area contributed by atoms with Gasteiger partial charge in [0.2, 0.25) is 0 Å². The Morgan fingerprint density at radius 3 is 2.16 bits per heavy atom. The van der Waals surface area contributed by atoms with E-state index in [1.807, 2.05) is 32.0 Å². The molecule has 0 radical (unpaired) electrons. The Morgan fingerprint density at radius 2 is 1.60 bits per heavy atom. The Morgan fingerprint density at radius 1 is 1.00 bits per heavy atom. The van der Waals surface area contributed by atoms with Gasteiger partial charge in [-0.3, -0.25) is 9.59 Å². The molecule has 0 spiro atoms. The number of rotatable bonds is 7. The van der Waals surface area contributed by atoms with Crippen molar-refractivity contribution in [2.75, 3.05) is 18.4 Å². The van der Waals surface area contributed by atoms with Gasteiger partial charge < -0.3 is 15.0 Å². The average Bonchev–Trinajstić information content (AvgIpc) is 2.64. The zero-order valence-electron chi connectivity index (χ0n) is 14.9. The quantitative estimate of drug-likeness (QED) is 0.838. The van der Waals surface area contributed by atoms with Crippen molar-refractivity contribution in [2.45, 2.75) is 26.9 Å². The molecular weight excluding hydrogens is 316 g/mol. The molecule has 0 saturated heterocycles. The number of hydrogen-bond donors (Lipinski definition) is 1. The maximum Gasteiger partial charge on any atom is 0.265 e. The number of amides is 2. The fourth-order valence-electron chi connectivity index (χ4n) is 2.39. The van der Waals surface area contributed by atoms with Gasteiger partial charge in [0.25, 0.3) is 11.8 Å². The third-order valence-corrected chi connectivity index (χ3v) is 3.88. The molecule has 1 atom stereocenters. The predicted octanol–water partition coefficient (Wildman–Crippen LogP) is 3.57. The second-order valence-corrected chi connectivity index (χ2v) is 5.62. The first-order valence-electron chi connectivity index (χ1n) is 8.47. The Balaban J connectivity index is 1.96. The molecule has 5 nitrogen and oxygen atoms in total. The van der Waals surface area contributed by atoms with Crippen molar-refractivity contribution in [1.29, 1.82) is 0 Å². The van der Waals surface area contributed by atoms with Crippen LogP contribution in [0.3, 0.4) is 0 Å². The van der Waals surface area contributed by atoms with Gasteiger partial charge in [-0.05, 0) is 57.2 Å². The van der Waals surface area contributed by atoms with Crippen LogP contribution in [0.2, 0.25) is 0 Å². The summed E-state index contributed by atoms with van der Waals surface area (Å²) in [5.41, 5.74) is 1.24. The van der Waals surface area contributed by atoms with Crippen LogP contribution in [0, 0.1) is 0 Å². The van der Waals surface area contributed by atoms with Crippen LogP contribution in [-0.4, -0.2) is 35.9 Å². The van der Waals surface area contributed by atoms with Gasteiger partial charge in [-0.15, -0.1) is 0 Å². The van der Waals surface area contributed by atoms with E-state index in [-0.39, 0.29) is 11.8 Å². The summed E-state index contributed by atoms with van der Waals surface area (Å²) in [5.74, 6) is 0.389. The second-order valence-electron chi connectivity index (χ2n) is 5.62. The molecule has 0 aliphatic carbocycles. The molecule has 0 unspecified atom stereocenters. The second kappa shape index (κ2) is 8.87. The van der Waals surface area contributed by atoms with Gasteiger partial charge in [0.15, 0.2) is 6.10 Å². The molecule has 2 rings (SSSR count). The number of nitrogens with zero attached hydrogens (tertiary/aromatic N) is 1. The van der Waals surface area contributed by atoms with E-state index in [4.69, 9.17) is 4.74 Å². The van der Waals surface area contributed by atoms with Gasteiger partial charge in [-0.1, -0.05) is 18.2 Å². The van der Waals surface area contributed by atoms with Gasteiger partial charge >= 0.3 is 0 Å². The minimum Gasteiger partial charge on any atom is -0.481 e. The SMILES string of the molecule is CCN(CC)C(=O)c1ccc(NC(=O)[C@H](C)Oc2ccccc2)cc1. The lowest BCUT2D eigenvalue weighted by molar-refractivity contribution is -0.122. The summed E-state index contributed by atoms with van der Waals surface area (Å²) in [6, 6.07) is 16.1. The van der Waals surface area contributed by atoms with E-state index in [1.54, 1.807) is 48.2 Å². The lowest BCUT2D eigenvalue weighted by Gasteiger charge is -2.19. The molecule has 132 valence electrons. The molecule has 2 aromatic rings. The maximum absolute atomic E-state index is 12.3. The number of benzene rings is 2. The number of nitrogens with one attached hydrogen (secondary N) is 1. The number of hydrogen-bond acceptors (Lipinski definition) is 3. The van der Waals surface area contributed by atoms with Crippen molar-refractivity contribution in [1.82, 2.24) is 4.90 Å². The van der Waals surface area contributed by atoms with Crippen LogP contribution in [0.5, 0.6) is 5.75 Å². The van der Waals surface area contributed by atoms with E-state index in [0.717, 1.165) is 0 Å². The van der Waals surface area contributed by atoms with Crippen LogP contribution in [0.4, 0.5) is 5.69 Å². The fraction of sp³-hybridized carbons (Fsp3) is 0.300. The molecule has 0 saturated carbocycles. The number of carbonyl (C=O) groups excluding carboxylic acids is 2. The van der Waals surface area contributed by atoms with E-state index >= 15 is 0 Å². The highest BCUT2D eigenvalue weighted by Crippen LogP contribution is 2.14. The fourth-order valence-corrected chi connectivity index (χ4v) is 2.39. The number of ether oxygens (including phenoxy) is 1. The largest absolute Gasteiger partial charge is 0.481 e. The minimum atomic E-state index is -0.626. The summed E-state index contributed by atoms with van der Waals surface area (Å²) in [4.78, 5) is 26.2. The van der Waals surface area contributed by atoms with Crippen molar-refractivity contribution in [2.24, 2.45) is 0 Å². The molecule has 0 aliphatic heterocycles. The third kappa shape index (κ3) is 5.08. The normalized spacial score (nSPS) is 11.5. The summed E-state index contributed by atoms with van der Waals surface area (Å²) in [5, 5.41) is 2.80. The highest BCUT2D eigenvalue weighted by Gasteiger charge is 2.16. The van der Waals surface area contributed by atoms with Crippen molar-refractivity contribution in [3.8, 4) is 5.75 Å². The minimum absolute atomic E-state index is 0.0105. The molecule has 2 amide bonds. The standard InChI is InChI=1S/C20H24N2O3/c1-4-22(5-2)20(24)16-11-13-17(14-12-16)21-19(23)15(3)25-18-9-7-6-8-10-18/h6-15H,4-5H2,1-3H3,(H,21,23)/t15-/m0/s1. The van der Waals surface area contributed by atoms with Crippen LogP contribution in [0.1, 0.15) is 31.1 Å². The Kier molecular flexibility index (Phi) is 6.57. The summed E-state index contributed by atoms with van der Waals surface area (Å²) in [6.45, 7) is 6.93. The molecule has 0 fully saturated rings. The molecule has 0 aromatic heterocycles. The molecular formula is C20H24N2O3. The lowest BCUT2D eigenvalue weighted by atomic mass is 10.1. The third-order valence-electron chi connectivity index (χ3n) is 3.88. The molecule has 0 heterocycles. The summed E-state index contributed by atoms with van der Waals surface area (Å²) in [6.07, 6.45) is -0.626. The average molecular weight is 340 g/mol. The van der Waals surface area contributed by atoms with Crippen molar-refractivity contribution in [3.05, 3.63) is 60.2 Å². The first kappa shape index (κ1) is 18.5. The van der Waals surface area contributed by atoms with Crippen molar-refractivity contribution >= 4 is 17.5 Å². The maximum atomic E-state index is 12.3. The van der Waals surface area contributed by atoms with Gasteiger partial charge in [-0.25, -0.2) is 0 Å². The van der Waals surface area contributed by atoms with Gasteiger partial charge in [0.05, 0.1) is 0 Å². The molecule has 0 bridgehead atoms.